The Balaban J connectivity index is 2.14. The van der Waals surface area contributed by atoms with E-state index in [0.717, 1.165) is 29.8 Å². The number of carbonyl (C=O) groups is 1. The fraction of sp³-hybridized carbons (Fsp3) is 0.176. The van der Waals surface area contributed by atoms with E-state index >= 15 is 0 Å². The van der Waals surface area contributed by atoms with Crippen LogP contribution in [-0.2, 0) is 0 Å². The summed E-state index contributed by atoms with van der Waals surface area (Å²) in [7, 11) is 0. The summed E-state index contributed by atoms with van der Waals surface area (Å²) in [5.74, 6) is -0.930. The smallest absolute Gasteiger partial charge is 0.335 e. The number of aromatic carboxylic acids is 1. The molecule has 0 radical (unpaired) electrons. The van der Waals surface area contributed by atoms with E-state index in [1.54, 1.807) is 24.3 Å². The van der Waals surface area contributed by atoms with Crippen molar-refractivity contribution in [3.8, 4) is 0 Å². The minimum Gasteiger partial charge on any atom is -0.478 e. The van der Waals surface area contributed by atoms with E-state index in [0.29, 0.717) is 0 Å². The lowest BCUT2D eigenvalue weighted by molar-refractivity contribution is 0.0697. The van der Waals surface area contributed by atoms with Gasteiger partial charge in [0.25, 0.3) is 0 Å². The van der Waals surface area contributed by atoms with Crippen LogP contribution >= 0.6 is 0 Å². The second-order valence-electron chi connectivity index (χ2n) is 4.67. The van der Waals surface area contributed by atoms with Crippen molar-refractivity contribution < 1.29 is 9.90 Å². The van der Waals surface area contributed by atoms with Gasteiger partial charge in [0.05, 0.1) is 17.0 Å². The minimum atomic E-state index is -0.930. The van der Waals surface area contributed by atoms with Crippen molar-refractivity contribution in [1.29, 1.82) is 0 Å². The van der Waals surface area contributed by atoms with Crippen molar-refractivity contribution in [2.45, 2.75) is 19.8 Å². The molecule has 0 saturated carbocycles. The summed E-state index contributed by atoms with van der Waals surface area (Å²) in [5.41, 5.74) is 6.10. The molecule has 0 aliphatic rings. The summed E-state index contributed by atoms with van der Waals surface area (Å²) in [4.78, 5) is 10.8. The molecule has 0 spiro atoms. The number of benzene rings is 2. The maximum absolute atomic E-state index is 10.8. The number of carboxylic acid groups (broad SMARTS) is 1. The molecule has 2 aromatic carbocycles. The van der Waals surface area contributed by atoms with Crippen molar-refractivity contribution in [1.82, 2.24) is 0 Å². The topological polar surface area (TPSA) is 61.7 Å². The first-order valence-corrected chi connectivity index (χ1v) is 6.92. The Kier molecular flexibility index (Phi) is 5.10. The van der Waals surface area contributed by atoms with E-state index in [-0.39, 0.29) is 5.56 Å². The monoisotopic (exact) mass is 282 g/mol. The lowest BCUT2D eigenvalue weighted by atomic mass is 10.1. The second-order valence-corrected chi connectivity index (χ2v) is 4.67. The normalized spacial score (nSPS) is 11.2. The van der Waals surface area contributed by atoms with Crippen LogP contribution in [0.15, 0.2) is 59.7 Å². The lowest BCUT2D eigenvalue weighted by Gasteiger charge is -2.07. The molecule has 0 amide bonds. The molecular formula is C17H18N2O2. The number of nitrogens with zero attached hydrogens (tertiary/aromatic N) is 1. The Bertz CT molecular complexity index is 619. The molecule has 2 N–H and O–H groups in total. The van der Waals surface area contributed by atoms with Gasteiger partial charge < -0.3 is 5.11 Å². The molecule has 0 unspecified atom stereocenters. The molecule has 2 aromatic rings. The summed E-state index contributed by atoms with van der Waals surface area (Å²) in [6.45, 7) is 2.11. The van der Waals surface area contributed by atoms with Gasteiger partial charge in [0.1, 0.15) is 0 Å². The molecule has 0 aliphatic carbocycles. The van der Waals surface area contributed by atoms with Gasteiger partial charge in [-0.05, 0) is 36.2 Å². The van der Waals surface area contributed by atoms with Gasteiger partial charge >= 0.3 is 5.97 Å². The van der Waals surface area contributed by atoms with Gasteiger partial charge in [0.15, 0.2) is 0 Å². The summed E-state index contributed by atoms with van der Waals surface area (Å²) in [6.07, 6.45) is 1.89. The molecule has 0 heterocycles. The minimum absolute atomic E-state index is 0.265. The summed E-state index contributed by atoms with van der Waals surface area (Å²) >= 11 is 0. The van der Waals surface area contributed by atoms with E-state index in [9.17, 15) is 4.79 Å². The third-order valence-electron chi connectivity index (χ3n) is 3.05. The van der Waals surface area contributed by atoms with Gasteiger partial charge in [0, 0.05) is 0 Å². The molecule has 0 saturated heterocycles. The number of hydrogen-bond acceptors (Lipinski definition) is 3. The van der Waals surface area contributed by atoms with E-state index < -0.39 is 5.97 Å². The Morgan fingerprint density at radius 2 is 1.71 bits per heavy atom. The SMILES string of the molecule is CCC/C(=N/Nc1ccc(C(=O)O)cc1)c1ccccc1. The summed E-state index contributed by atoms with van der Waals surface area (Å²) in [5, 5.41) is 13.3. The summed E-state index contributed by atoms with van der Waals surface area (Å²) in [6, 6.07) is 16.6. The standard InChI is InChI=1S/C17H18N2O2/c1-2-6-16(13-7-4-3-5-8-13)19-18-15-11-9-14(10-12-15)17(20)21/h3-5,7-12,18H,2,6H2,1H3,(H,20,21)/b19-16-. The molecule has 2 rings (SSSR count). The number of hydrazone groups is 1. The van der Waals surface area contributed by atoms with E-state index in [1.807, 2.05) is 30.3 Å². The van der Waals surface area contributed by atoms with Gasteiger partial charge in [-0.1, -0.05) is 43.7 Å². The molecule has 0 aliphatic heterocycles. The highest BCUT2D eigenvalue weighted by Crippen LogP contribution is 2.12. The van der Waals surface area contributed by atoms with E-state index in [4.69, 9.17) is 5.11 Å². The Morgan fingerprint density at radius 1 is 1.05 bits per heavy atom. The zero-order valence-corrected chi connectivity index (χ0v) is 11.9. The molecule has 108 valence electrons. The fourth-order valence-electron chi connectivity index (χ4n) is 1.95. The van der Waals surface area contributed by atoms with Crippen LogP contribution in [0.1, 0.15) is 35.7 Å². The van der Waals surface area contributed by atoms with Crippen LogP contribution in [0, 0.1) is 0 Å². The predicted octanol–water partition coefficient (Wildman–Crippen LogP) is 4.00. The fourth-order valence-corrected chi connectivity index (χ4v) is 1.95. The number of nitrogens with one attached hydrogen (secondary N) is 1. The van der Waals surface area contributed by atoms with Gasteiger partial charge in [-0.25, -0.2) is 4.79 Å². The first kappa shape index (κ1) is 14.8. The van der Waals surface area contributed by atoms with Crippen molar-refractivity contribution in [3.05, 3.63) is 65.7 Å². The van der Waals surface area contributed by atoms with Crippen LogP contribution in [0.3, 0.4) is 0 Å². The zero-order valence-electron chi connectivity index (χ0n) is 11.9. The van der Waals surface area contributed by atoms with Gasteiger partial charge in [-0.3, -0.25) is 5.43 Å². The van der Waals surface area contributed by atoms with Crippen LogP contribution in [0.2, 0.25) is 0 Å². The number of rotatable bonds is 6. The Labute approximate surface area is 124 Å². The van der Waals surface area contributed by atoms with Crippen molar-refractivity contribution >= 4 is 17.4 Å². The molecule has 0 bridgehead atoms. The van der Waals surface area contributed by atoms with Crippen LogP contribution in [0.4, 0.5) is 5.69 Å². The molecule has 21 heavy (non-hydrogen) atoms. The maximum Gasteiger partial charge on any atom is 0.335 e. The van der Waals surface area contributed by atoms with Crippen molar-refractivity contribution in [2.75, 3.05) is 5.43 Å². The number of carboxylic acids is 1. The van der Waals surface area contributed by atoms with Crippen molar-refractivity contribution in [3.63, 3.8) is 0 Å². The Hall–Kier alpha value is -2.62. The quantitative estimate of drug-likeness (QED) is 0.622. The van der Waals surface area contributed by atoms with Gasteiger partial charge in [0.2, 0.25) is 0 Å². The maximum atomic E-state index is 10.8. The highest BCUT2D eigenvalue weighted by molar-refractivity contribution is 6.00. The van der Waals surface area contributed by atoms with E-state index in [2.05, 4.69) is 17.5 Å². The molecule has 0 aromatic heterocycles. The van der Waals surface area contributed by atoms with Gasteiger partial charge in [-0.2, -0.15) is 5.10 Å². The average molecular weight is 282 g/mol. The number of anilines is 1. The predicted molar refractivity (Wildman–Crippen MR) is 84.9 cm³/mol. The average Bonchev–Trinajstić information content (AvgIpc) is 2.52. The number of hydrogen-bond donors (Lipinski definition) is 2. The Morgan fingerprint density at radius 3 is 2.29 bits per heavy atom. The second kappa shape index (κ2) is 7.24. The van der Waals surface area contributed by atoms with Crippen molar-refractivity contribution in [2.24, 2.45) is 5.10 Å². The lowest BCUT2D eigenvalue weighted by Crippen LogP contribution is -2.04. The first-order valence-electron chi connectivity index (χ1n) is 6.92. The molecule has 4 heteroatoms. The first-order chi connectivity index (χ1) is 10.2. The largest absolute Gasteiger partial charge is 0.478 e. The molecule has 0 atom stereocenters. The zero-order chi connectivity index (χ0) is 15.1. The third kappa shape index (κ3) is 4.18. The van der Waals surface area contributed by atoms with Crippen LogP contribution in [0.25, 0.3) is 0 Å². The van der Waals surface area contributed by atoms with Crippen LogP contribution in [-0.4, -0.2) is 16.8 Å². The van der Waals surface area contributed by atoms with E-state index in [1.165, 1.54) is 0 Å². The third-order valence-corrected chi connectivity index (χ3v) is 3.05. The highest BCUT2D eigenvalue weighted by Gasteiger charge is 2.03. The van der Waals surface area contributed by atoms with Crippen LogP contribution in [0.5, 0.6) is 0 Å². The van der Waals surface area contributed by atoms with Crippen LogP contribution < -0.4 is 5.43 Å². The summed E-state index contributed by atoms with van der Waals surface area (Å²) < 4.78 is 0. The molecule has 4 nitrogen and oxygen atoms in total. The molecule has 0 fully saturated rings. The molecular weight excluding hydrogens is 264 g/mol. The van der Waals surface area contributed by atoms with Gasteiger partial charge in [-0.15, -0.1) is 0 Å². The highest BCUT2D eigenvalue weighted by atomic mass is 16.4.